The summed E-state index contributed by atoms with van der Waals surface area (Å²) in [6, 6.07) is 15.2. The molecule has 2 aromatic rings. The SMILES string of the molecule is CC(C)C(=O)N1CCCc2ccc(NC(=O)C(=O)NCCc3ccccc3)cc21. The standard InChI is InChI=1S/C23H27N3O3/c1-16(2)23(29)26-14-6-9-18-10-11-19(15-20(18)26)25-22(28)21(27)24-13-12-17-7-4-3-5-8-17/h3-5,7-8,10-11,15-16H,6,9,12-14H2,1-2H3,(H,24,27)(H,25,28). The van der Waals surface area contributed by atoms with Crippen LogP contribution in [0.1, 0.15) is 31.4 Å². The summed E-state index contributed by atoms with van der Waals surface area (Å²) in [5.41, 5.74) is 3.50. The van der Waals surface area contributed by atoms with Gasteiger partial charge in [-0.05, 0) is 42.5 Å². The molecule has 0 spiro atoms. The summed E-state index contributed by atoms with van der Waals surface area (Å²) in [6.45, 7) is 4.81. The number of rotatable bonds is 5. The molecule has 0 atom stereocenters. The summed E-state index contributed by atoms with van der Waals surface area (Å²) in [5.74, 6) is -1.42. The number of hydrogen-bond acceptors (Lipinski definition) is 3. The van der Waals surface area contributed by atoms with Crippen molar-refractivity contribution >= 4 is 29.1 Å². The van der Waals surface area contributed by atoms with E-state index in [1.807, 2.05) is 50.2 Å². The largest absolute Gasteiger partial charge is 0.347 e. The molecule has 1 aliphatic rings. The zero-order valence-corrected chi connectivity index (χ0v) is 16.9. The zero-order chi connectivity index (χ0) is 20.8. The van der Waals surface area contributed by atoms with E-state index < -0.39 is 11.8 Å². The highest BCUT2D eigenvalue weighted by Gasteiger charge is 2.25. The Balaban J connectivity index is 1.61. The van der Waals surface area contributed by atoms with Crippen LogP contribution in [0.3, 0.4) is 0 Å². The van der Waals surface area contributed by atoms with Crippen LogP contribution in [0.5, 0.6) is 0 Å². The Kier molecular flexibility index (Phi) is 6.65. The van der Waals surface area contributed by atoms with E-state index >= 15 is 0 Å². The Hall–Kier alpha value is -3.15. The monoisotopic (exact) mass is 393 g/mol. The molecular formula is C23H27N3O3. The molecule has 2 aromatic carbocycles. The third-order valence-electron chi connectivity index (χ3n) is 4.97. The summed E-state index contributed by atoms with van der Waals surface area (Å²) in [5, 5.41) is 5.28. The van der Waals surface area contributed by atoms with E-state index in [1.54, 1.807) is 17.0 Å². The number of fused-ring (bicyclic) bond motifs is 1. The van der Waals surface area contributed by atoms with Crippen LogP contribution in [0.4, 0.5) is 11.4 Å². The highest BCUT2D eigenvalue weighted by molar-refractivity contribution is 6.39. The normalized spacial score (nSPS) is 13.0. The Morgan fingerprint density at radius 1 is 1.03 bits per heavy atom. The number of nitrogens with one attached hydrogen (secondary N) is 2. The molecule has 2 N–H and O–H groups in total. The van der Waals surface area contributed by atoms with Gasteiger partial charge >= 0.3 is 11.8 Å². The molecule has 3 amide bonds. The van der Waals surface area contributed by atoms with E-state index in [9.17, 15) is 14.4 Å². The first-order chi connectivity index (χ1) is 14.0. The Labute approximate surface area is 171 Å². The van der Waals surface area contributed by atoms with E-state index in [0.29, 0.717) is 25.2 Å². The van der Waals surface area contributed by atoms with E-state index in [4.69, 9.17) is 0 Å². The maximum absolute atomic E-state index is 12.5. The van der Waals surface area contributed by atoms with Crippen LogP contribution in [-0.4, -0.2) is 30.8 Å². The van der Waals surface area contributed by atoms with Crippen molar-refractivity contribution in [1.82, 2.24) is 5.32 Å². The van der Waals surface area contributed by atoms with Crippen molar-refractivity contribution in [3.8, 4) is 0 Å². The van der Waals surface area contributed by atoms with Gasteiger partial charge in [-0.15, -0.1) is 0 Å². The van der Waals surface area contributed by atoms with Gasteiger partial charge in [0.25, 0.3) is 0 Å². The van der Waals surface area contributed by atoms with Crippen LogP contribution in [0.25, 0.3) is 0 Å². The van der Waals surface area contributed by atoms with E-state index in [1.165, 1.54) is 0 Å². The number of amides is 3. The Morgan fingerprint density at radius 3 is 2.52 bits per heavy atom. The van der Waals surface area contributed by atoms with Gasteiger partial charge in [-0.25, -0.2) is 0 Å². The molecular weight excluding hydrogens is 366 g/mol. The van der Waals surface area contributed by atoms with Crippen LogP contribution >= 0.6 is 0 Å². The van der Waals surface area contributed by atoms with Gasteiger partial charge in [-0.3, -0.25) is 14.4 Å². The minimum atomic E-state index is -0.712. The summed E-state index contributed by atoms with van der Waals surface area (Å²) >= 11 is 0. The molecule has 0 aliphatic carbocycles. The molecule has 1 aliphatic heterocycles. The van der Waals surface area contributed by atoms with Crippen molar-refractivity contribution in [2.45, 2.75) is 33.1 Å². The van der Waals surface area contributed by atoms with Gasteiger partial charge in [-0.2, -0.15) is 0 Å². The number of hydrogen-bond donors (Lipinski definition) is 2. The Bertz CT molecular complexity index is 893. The summed E-state index contributed by atoms with van der Waals surface area (Å²) < 4.78 is 0. The number of benzene rings is 2. The maximum Gasteiger partial charge on any atom is 0.313 e. The van der Waals surface area contributed by atoms with Gasteiger partial charge in [0.1, 0.15) is 0 Å². The molecule has 152 valence electrons. The van der Waals surface area contributed by atoms with E-state index in [2.05, 4.69) is 10.6 Å². The van der Waals surface area contributed by atoms with Crippen LogP contribution in [0.2, 0.25) is 0 Å². The molecule has 0 aromatic heterocycles. The second kappa shape index (κ2) is 9.37. The van der Waals surface area contributed by atoms with Crippen LogP contribution in [-0.2, 0) is 27.2 Å². The molecule has 3 rings (SSSR count). The fourth-order valence-electron chi connectivity index (χ4n) is 3.43. The molecule has 0 unspecified atom stereocenters. The Morgan fingerprint density at radius 2 is 1.79 bits per heavy atom. The predicted molar refractivity (Wildman–Crippen MR) is 114 cm³/mol. The quantitative estimate of drug-likeness (QED) is 0.767. The third-order valence-corrected chi connectivity index (χ3v) is 4.97. The average Bonchev–Trinajstić information content (AvgIpc) is 2.73. The number of carbonyl (C=O) groups excluding carboxylic acids is 3. The first-order valence-corrected chi connectivity index (χ1v) is 10.0. The number of anilines is 2. The highest BCUT2D eigenvalue weighted by Crippen LogP contribution is 2.31. The highest BCUT2D eigenvalue weighted by atomic mass is 16.2. The van der Waals surface area contributed by atoms with Crippen molar-refractivity contribution in [3.63, 3.8) is 0 Å². The van der Waals surface area contributed by atoms with Crippen molar-refractivity contribution in [2.24, 2.45) is 5.92 Å². The van der Waals surface area contributed by atoms with Gasteiger partial charge in [0.05, 0.1) is 0 Å². The van der Waals surface area contributed by atoms with Gasteiger partial charge in [0.15, 0.2) is 0 Å². The molecule has 1 heterocycles. The molecule has 6 heteroatoms. The lowest BCUT2D eigenvalue weighted by Crippen LogP contribution is -2.38. The van der Waals surface area contributed by atoms with Gasteiger partial charge < -0.3 is 15.5 Å². The lowest BCUT2D eigenvalue weighted by Gasteiger charge is -2.31. The minimum Gasteiger partial charge on any atom is -0.347 e. The van der Waals surface area contributed by atoms with Crippen LogP contribution < -0.4 is 15.5 Å². The molecule has 29 heavy (non-hydrogen) atoms. The van der Waals surface area contributed by atoms with Crippen LogP contribution in [0.15, 0.2) is 48.5 Å². The van der Waals surface area contributed by atoms with Crippen molar-refractivity contribution in [3.05, 3.63) is 59.7 Å². The number of nitrogens with zero attached hydrogens (tertiary/aromatic N) is 1. The van der Waals surface area contributed by atoms with E-state index in [-0.39, 0.29) is 11.8 Å². The lowest BCUT2D eigenvalue weighted by molar-refractivity contribution is -0.136. The lowest BCUT2D eigenvalue weighted by atomic mass is 9.99. The van der Waals surface area contributed by atoms with Gasteiger partial charge in [-0.1, -0.05) is 50.2 Å². The predicted octanol–water partition coefficient (Wildman–Crippen LogP) is 2.92. The first kappa shape index (κ1) is 20.6. The van der Waals surface area contributed by atoms with Crippen LogP contribution in [0, 0.1) is 5.92 Å². The smallest absolute Gasteiger partial charge is 0.313 e. The molecule has 0 saturated heterocycles. The molecule has 6 nitrogen and oxygen atoms in total. The van der Waals surface area contributed by atoms with Gasteiger partial charge in [0.2, 0.25) is 5.91 Å². The molecule has 0 radical (unpaired) electrons. The topological polar surface area (TPSA) is 78.5 Å². The van der Waals surface area contributed by atoms with Gasteiger partial charge in [0, 0.05) is 30.4 Å². The summed E-state index contributed by atoms with van der Waals surface area (Å²) in [4.78, 5) is 38.6. The minimum absolute atomic E-state index is 0.0630. The van der Waals surface area contributed by atoms with E-state index in [0.717, 1.165) is 29.7 Å². The second-order valence-corrected chi connectivity index (χ2v) is 7.54. The number of carbonyl (C=O) groups is 3. The summed E-state index contributed by atoms with van der Waals surface area (Å²) in [7, 11) is 0. The third kappa shape index (κ3) is 5.22. The van der Waals surface area contributed by atoms with Crippen molar-refractivity contribution < 1.29 is 14.4 Å². The second-order valence-electron chi connectivity index (χ2n) is 7.54. The average molecular weight is 393 g/mol. The molecule has 0 saturated carbocycles. The zero-order valence-electron chi connectivity index (χ0n) is 16.9. The fraction of sp³-hybridized carbons (Fsp3) is 0.348. The molecule has 0 bridgehead atoms. The number of aryl methyl sites for hydroxylation is 1. The summed E-state index contributed by atoms with van der Waals surface area (Å²) in [6.07, 6.45) is 2.47. The maximum atomic E-state index is 12.5. The van der Waals surface area contributed by atoms with Crippen molar-refractivity contribution in [1.29, 1.82) is 0 Å². The fourth-order valence-corrected chi connectivity index (χ4v) is 3.43. The van der Waals surface area contributed by atoms with Crippen molar-refractivity contribution in [2.75, 3.05) is 23.3 Å². The first-order valence-electron chi connectivity index (χ1n) is 10.0. The molecule has 0 fully saturated rings.